The normalized spacial score (nSPS) is 18.5. The van der Waals surface area contributed by atoms with Crippen LogP contribution in [0.15, 0.2) is 9.98 Å². The molecule has 1 aliphatic rings. The summed E-state index contributed by atoms with van der Waals surface area (Å²) in [5, 5.41) is 0.579. The van der Waals surface area contributed by atoms with Crippen molar-refractivity contribution in [2.45, 2.75) is 0 Å². The van der Waals surface area contributed by atoms with Gasteiger partial charge in [0.25, 0.3) is 0 Å². The molecule has 3 heteroatoms. The van der Waals surface area contributed by atoms with Crippen molar-refractivity contribution in [1.82, 2.24) is 0 Å². The Morgan fingerprint density at radius 3 is 2.83 bits per heavy atom. The van der Waals surface area contributed by atoms with Crippen molar-refractivity contribution < 1.29 is 0 Å². The van der Waals surface area contributed by atoms with E-state index in [2.05, 4.69) is 9.98 Å². The molecule has 0 aromatic heterocycles. The maximum Gasteiger partial charge on any atom is 0.129 e. The second-order valence-electron chi connectivity index (χ2n) is 0.962. The largest absolute Gasteiger partial charge is 0.266 e. The fourth-order valence-electron chi connectivity index (χ4n) is 0.260. The minimum atomic E-state index is 0.571. The summed E-state index contributed by atoms with van der Waals surface area (Å²) in [6.07, 6.45) is 1.46. The summed E-state index contributed by atoms with van der Waals surface area (Å²) in [5.74, 6) is 0. The van der Waals surface area contributed by atoms with Crippen LogP contribution in [0, 0.1) is 0 Å². The molecule has 0 aliphatic carbocycles. The fraction of sp³-hybridized carbons (Fsp3) is 0.333. The van der Waals surface area contributed by atoms with Crippen LogP contribution in [0.1, 0.15) is 0 Å². The van der Waals surface area contributed by atoms with Gasteiger partial charge in [0.05, 0.1) is 6.54 Å². The molecule has 0 atom stereocenters. The van der Waals surface area contributed by atoms with Crippen LogP contribution in [0.5, 0.6) is 0 Å². The molecule has 0 radical (unpaired) electrons. The average Bonchev–Trinajstić information content (AvgIpc) is 1.86. The monoisotopic (exact) mass is 102 g/mol. The third-order valence-electron chi connectivity index (χ3n) is 0.501. The topological polar surface area (TPSA) is 24.7 Å². The molecular formula is C3H3ClN2. The lowest BCUT2D eigenvalue weighted by Crippen LogP contribution is -1.82. The van der Waals surface area contributed by atoms with Gasteiger partial charge >= 0.3 is 0 Å². The zero-order chi connectivity index (χ0) is 4.41. The number of aliphatic imine (C=N–C) groups is 2. The summed E-state index contributed by atoms with van der Waals surface area (Å²) in [4.78, 5) is 7.33. The molecule has 0 aromatic carbocycles. The van der Waals surface area contributed by atoms with E-state index in [-0.39, 0.29) is 0 Å². The standard InChI is InChI=1S/C3H3ClN2/c4-3-1-5-2-6-3/h2H,1H2. The summed E-state index contributed by atoms with van der Waals surface area (Å²) >= 11 is 5.34. The van der Waals surface area contributed by atoms with Crippen LogP contribution in [0.2, 0.25) is 0 Å². The quantitative estimate of drug-likeness (QED) is 0.430. The first-order chi connectivity index (χ1) is 2.89. The lowest BCUT2D eigenvalue weighted by molar-refractivity contribution is 1.37. The van der Waals surface area contributed by atoms with Gasteiger partial charge in [-0.05, 0) is 0 Å². The van der Waals surface area contributed by atoms with Gasteiger partial charge < -0.3 is 0 Å². The molecule has 0 saturated heterocycles. The molecule has 6 heavy (non-hydrogen) atoms. The van der Waals surface area contributed by atoms with Crippen molar-refractivity contribution in [3.8, 4) is 0 Å². The SMILES string of the molecule is ClC1=NC=NC1. The highest BCUT2D eigenvalue weighted by Gasteiger charge is 1.92. The fourth-order valence-corrected chi connectivity index (χ4v) is 0.373. The van der Waals surface area contributed by atoms with Crippen LogP contribution < -0.4 is 0 Å². The highest BCUT2D eigenvalue weighted by atomic mass is 35.5. The molecule has 0 N–H and O–H groups in total. The zero-order valence-electron chi connectivity index (χ0n) is 3.06. The first-order valence-corrected chi connectivity index (χ1v) is 1.98. The Hall–Kier alpha value is -0.370. The van der Waals surface area contributed by atoms with Gasteiger partial charge in [-0.3, -0.25) is 4.99 Å². The van der Waals surface area contributed by atoms with Crippen LogP contribution in [0.4, 0.5) is 0 Å². The van der Waals surface area contributed by atoms with Gasteiger partial charge in [-0.15, -0.1) is 0 Å². The van der Waals surface area contributed by atoms with Crippen molar-refractivity contribution in [1.29, 1.82) is 0 Å². The van der Waals surface area contributed by atoms with E-state index in [0.717, 1.165) is 0 Å². The van der Waals surface area contributed by atoms with Gasteiger partial charge in [0, 0.05) is 0 Å². The predicted molar refractivity (Wildman–Crippen MR) is 26.6 cm³/mol. The minimum absolute atomic E-state index is 0.571. The van der Waals surface area contributed by atoms with Crippen LogP contribution in [-0.2, 0) is 0 Å². The lowest BCUT2D eigenvalue weighted by Gasteiger charge is -1.71. The van der Waals surface area contributed by atoms with Crippen LogP contribution in [0.25, 0.3) is 0 Å². The van der Waals surface area contributed by atoms with Crippen LogP contribution >= 0.6 is 11.6 Å². The smallest absolute Gasteiger partial charge is 0.129 e. The molecule has 0 bridgehead atoms. The van der Waals surface area contributed by atoms with Gasteiger partial charge in [-0.1, -0.05) is 11.6 Å². The number of hydrogen-bond acceptors (Lipinski definition) is 2. The van der Waals surface area contributed by atoms with Crippen molar-refractivity contribution in [2.24, 2.45) is 9.98 Å². The second kappa shape index (κ2) is 1.39. The van der Waals surface area contributed by atoms with Crippen molar-refractivity contribution >= 4 is 23.1 Å². The van der Waals surface area contributed by atoms with Gasteiger partial charge in [-0.2, -0.15) is 0 Å². The Morgan fingerprint density at radius 1 is 1.83 bits per heavy atom. The summed E-state index contributed by atoms with van der Waals surface area (Å²) in [5.41, 5.74) is 0. The Morgan fingerprint density at radius 2 is 2.67 bits per heavy atom. The van der Waals surface area contributed by atoms with Gasteiger partial charge in [-0.25, -0.2) is 4.99 Å². The second-order valence-corrected chi connectivity index (χ2v) is 1.40. The lowest BCUT2D eigenvalue weighted by atomic mass is 10.8. The molecule has 0 fully saturated rings. The third kappa shape index (κ3) is 0.571. The predicted octanol–water partition coefficient (Wildman–Crippen LogP) is 0.666. The van der Waals surface area contributed by atoms with Gasteiger partial charge in [0.15, 0.2) is 0 Å². The van der Waals surface area contributed by atoms with E-state index in [9.17, 15) is 0 Å². The summed E-state index contributed by atoms with van der Waals surface area (Å²) in [6.45, 7) is 0.571. The molecule has 2 nitrogen and oxygen atoms in total. The molecular weight excluding hydrogens is 99.5 g/mol. The maximum atomic E-state index is 5.34. The minimum Gasteiger partial charge on any atom is -0.266 e. The van der Waals surface area contributed by atoms with Crippen LogP contribution in [0.3, 0.4) is 0 Å². The Labute approximate surface area is 40.6 Å². The van der Waals surface area contributed by atoms with E-state index in [4.69, 9.17) is 11.6 Å². The van der Waals surface area contributed by atoms with Crippen molar-refractivity contribution in [3.05, 3.63) is 0 Å². The number of halogens is 1. The molecule has 32 valence electrons. The van der Waals surface area contributed by atoms with Gasteiger partial charge in [0.1, 0.15) is 11.5 Å². The Kier molecular flexibility index (Phi) is 0.881. The van der Waals surface area contributed by atoms with Crippen LogP contribution in [-0.4, -0.2) is 18.1 Å². The van der Waals surface area contributed by atoms with Crippen molar-refractivity contribution in [2.75, 3.05) is 6.54 Å². The average molecular weight is 103 g/mol. The highest BCUT2D eigenvalue weighted by molar-refractivity contribution is 6.67. The molecule has 0 unspecified atom stereocenters. The highest BCUT2D eigenvalue weighted by Crippen LogP contribution is 1.90. The van der Waals surface area contributed by atoms with E-state index >= 15 is 0 Å². The number of nitrogens with zero attached hydrogens (tertiary/aromatic N) is 2. The molecule has 1 rings (SSSR count). The molecule has 0 amide bonds. The first-order valence-electron chi connectivity index (χ1n) is 1.60. The van der Waals surface area contributed by atoms with Crippen molar-refractivity contribution in [3.63, 3.8) is 0 Å². The van der Waals surface area contributed by atoms with E-state index in [0.29, 0.717) is 11.7 Å². The number of rotatable bonds is 0. The van der Waals surface area contributed by atoms with E-state index in [1.165, 1.54) is 6.34 Å². The summed E-state index contributed by atoms with van der Waals surface area (Å²) < 4.78 is 0. The maximum absolute atomic E-state index is 5.34. The first kappa shape index (κ1) is 3.81. The zero-order valence-corrected chi connectivity index (χ0v) is 3.81. The van der Waals surface area contributed by atoms with E-state index in [1.807, 2.05) is 0 Å². The van der Waals surface area contributed by atoms with E-state index < -0.39 is 0 Å². The van der Waals surface area contributed by atoms with E-state index in [1.54, 1.807) is 0 Å². The molecule has 0 aromatic rings. The summed E-state index contributed by atoms with van der Waals surface area (Å²) in [7, 11) is 0. The molecule has 0 spiro atoms. The molecule has 0 saturated carbocycles. The summed E-state index contributed by atoms with van der Waals surface area (Å²) in [6, 6.07) is 0. The third-order valence-corrected chi connectivity index (χ3v) is 0.718. The Bertz CT molecular complexity index is 105. The van der Waals surface area contributed by atoms with Gasteiger partial charge in [0.2, 0.25) is 0 Å². The number of hydrogen-bond donors (Lipinski definition) is 0. The molecule has 1 aliphatic heterocycles. The Balaban J connectivity index is 2.61. The molecule has 1 heterocycles.